The van der Waals surface area contributed by atoms with Crippen LogP contribution in [0.3, 0.4) is 0 Å². The molecule has 31 heavy (non-hydrogen) atoms. The monoisotopic (exact) mass is 421 g/mol. The fourth-order valence-corrected chi connectivity index (χ4v) is 3.69. The van der Waals surface area contributed by atoms with Crippen LogP contribution in [0.2, 0.25) is 0 Å². The van der Waals surface area contributed by atoms with Gasteiger partial charge in [0.15, 0.2) is 17.3 Å². The van der Waals surface area contributed by atoms with Crippen molar-refractivity contribution in [1.29, 1.82) is 0 Å². The van der Waals surface area contributed by atoms with Gasteiger partial charge < -0.3 is 29.7 Å². The van der Waals surface area contributed by atoms with Crippen molar-refractivity contribution in [2.45, 2.75) is 6.92 Å². The molecule has 1 aromatic heterocycles. The lowest BCUT2D eigenvalue weighted by Crippen LogP contribution is -2.37. The van der Waals surface area contributed by atoms with Gasteiger partial charge in [-0.05, 0) is 37.3 Å². The van der Waals surface area contributed by atoms with Gasteiger partial charge in [0.05, 0.1) is 18.7 Å². The molecule has 9 nitrogen and oxygen atoms in total. The smallest absolute Gasteiger partial charge is 0.319 e. The van der Waals surface area contributed by atoms with E-state index in [0.717, 1.165) is 35.4 Å². The first-order chi connectivity index (χ1) is 15.2. The van der Waals surface area contributed by atoms with E-state index >= 15 is 0 Å². The molecule has 3 aromatic rings. The molecular weight excluding hydrogens is 398 g/mol. The van der Waals surface area contributed by atoms with Crippen LogP contribution in [0.4, 0.5) is 16.3 Å². The normalized spacial score (nSPS) is 15.2. The van der Waals surface area contributed by atoms with Crippen molar-refractivity contribution in [3.63, 3.8) is 0 Å². The van der Waals surface area contributed by atoms with Crippen LogP contribution in [0, 0.1) is 0 Å². The molecule has 0 aliphatic carbocycles. The molecule has 9 heteroatoms. The number of fused-ring (bicyclic) bond motifs is 2. The summed E-state index contributed by atoms with van der Waals surface area (Å²) in [6, 6.07) is 11.1. The Morgan fingerprint density at radius 2 is 1.81 bits per heavy atom. The number of nitrogens with zero attached hydrogens (tertiary/aromatic N) is 3. The van der Waals surface area contributed by atoms with Crippen molar-refractivity contribution in [2.24, 2.45) is 0 Å². The summed E-state index contributed by atoms with van der Waals surface area (Å²) >= 11 is 0. The molecule has 0 bridgehead atoms. The Balaban J connectivity index is 1.54. The SMILES string of the molecule is CCNC(=O)Nc1ccc(-c2nc(N3CCOCC3)c3cc4c(cc3n2)OCO4)cc1. The number of carbonyl (C=O) groups is 1. The highest BCUT2D eigenvalue weighted by atomic mass is 16.7. The zero-order valence-corrected chi connectivity index (χ0v) is 17.2. The summed E-state index contributed by atoms with van der Waals surface area (Å²) in [5.74, 6) is 2.86. The van der Waals surface area contributed by atoms with Crippen LogP contribution in [0.25, 0.3) is 22.3 Å². The first-order valence-corrected chi connectivity index (χ1v) is 10.3. The van der Waals surface area contributed by atoms with Crippen LogP contribution in [0.15, 0.2) is 36.4 Å². The van der Waals surface area contributed by atoms with Gasteiger partial charge in [0, 0.05) is 42.3 Å². The Morgan fingerprint density at radius 1 is 1.06 bits per heavy atom. The third-order valence-electron chi connectivity index (χ3n) is 5.22. The molecule has 2 amide bonds. The first-order valence-electron chi connectivity index (χ1n) is 10.3. The minimum Gasteiger partial charge on any atom is -0.454 e. The molecule has 0 unspecified atom stereocenters. The third kappa shape index (κ3) is 3.91. The molecular formula is C22H23N5O4. The zero-order chi connectivity index (χ0) is 21.2. The number of nitrogens with one attached hydrogen (secondary N) is 2. The molecule has 5 rings (SSSR count). The van der Waals surface area contributed by atoms with Crippen LogP contribution in [-0.2, 0) is 4.74 Å². The highest BCUT2D eigenvalue weighted by Crippen LogP contribution is 2.39. The van der Waals surface area contributed by atoms with E-state index in [1.165, 1.54) is 0 Å². The molecule has 0 atom stereocenters. The second-order valence-electron chi connectivity index (χ2n) is 7.25. The first kappa shape index (κ1) is 19.4. The predicted octanol–water partition coefficient (Wildman–Crippen LogP) is 3.00. The minimum absolute atomic E-state index is 0.207. The quantitative estimate of drug-likeness (QED) is 0.668. The van der Waals surface area contributed by atoms with Gasteiger partial charge in [-0.2, -0.15) is 0 Å². The van der Waals surface area contributed by atoms with Crippen LogP contribution in [0.5, 0.6) is 11.5 Å². The number of urea groups is 1. The van der Waals surface area contributed by atoms with Gasteiger partial charge in [-0.15, -0.1) is 0 Å². The van der Waals surface area contributed by atoms with Gasteiger partial charge in [0.25, 0.3) is 0 Å². The number of rotatable bonds is 4. The van der Waals surface area contributed by atoms with E-state index in [1.54, 1.807) is 0 Å². The van der Waals surface area contributed by atoms with Crippen molar-refractivity contribution in [3.8, 4) is 22.9 Å². The standard InChI is InChI=1S/C22H23N5O4/c1-2-23-22(28)24-15-5-3-14(4-6-15)20-25-17-12-19-18(30-13-31-19)11-16(17)21(26-20)27-7-9-29-10-8-27/h3-6,11-12H,2,7-10,13H2,1H3,(H2,23,24,28). The van der Waals surface area contributed by atoms with Gasteiger partial charge in [-0.3, -0.25) is 0 Å². The maximum absolute atomic E-state index is 11.7. The number of benzene rings is 2. The summed E-state index contributed by atoms with van der Waals surface area (Å²) in [7, 11) is 0. The Labute approximate surface area is 179 Å². The molecule has 3 heterocycles. The molecule has 2 aliphatic rings. The molecule has 0 saturated carbocycles. The Morgan fingerprint density at radius 3 is 2.55 bits per heavy atom. The summed E-state index contributed by atoms with van der Waals surface area (Å²) in [6.45, 7) is 5.48. The Bertz CT molecular complexity index is 1110. The van der Waals surface area contributed by atoms with Crippen LogP contribution >= 0.6 is 0 Å². The van der Waals surface area contributed by atoms with Crippen molar-refractivity contribution < 1.29 is 19.0 Å². The largest absolute Gasteiger partial charge is 0.454 e. The van der Waals surface area contributed by atoms with E-state index in [0.29, 0.717) is 42.8 Å². The van der Waals surface area contributed by atoms with Crippen molar-refractivity contribution >= 4 is 28.4 Å². The lowest BCUT2D eigenvalue weighted by atomic mass is 10.1. The van der Waals surface area contributed by atoms with Gasteiger partial charge in [0.1, 0.15) is 5.82 Å². The van der Waals surface area contributed by atoms with E-state index in [1.807, 2.05) is 43.3 Å². The molecule has 2 aliphatic heterocycles. The fourth-order valence-electron chi connectivity index (χ4n) is 3.69. The van der Waals surface area contributed by atoms with Gasteiger partial charge in [-0.25, -0.2) is 14.8 Å². The Kier molecular flexibility index (Phi) is 5.17. The van der Waals surface area contributed by atoms with Crippen molar-refractivity contribution in [1.82, 2.24) is 15.3 Å². The number of carbonyl (C=O) groups excluding carboxylic acids is 1. The number of hydrogen-bond acceptors (Lipinski definition) is 7. The maximum atomic E-state index is 11.7. The number of hydrogen-bond donors (Lipinski definition) is 2. The molecule has 1 fully saturated rings. The summed E-state index contributed by atoms with van der Waals surface area (Å²) in [4.78, 5) is 23.7. The van der Waals surface area contributed by atoms with E-state index in [-0.39, 0.29) is 12.8 Å². The predicted molar refractivity (Wildman–Crippen MR) is 117 cm³/mol. The van der Waals surface area contributed by atoms with Crippen LogP contribution < -0.4 is 25.0 Å². The molecule has 1 saturated heterocycles. The van der Waals surface area contributed by atoms with E-state index in [4.69, 9.17) is 24.2 Å². The third-order valence-corrected chi connectivity index (χ3v) is 5.22. The fraction of sp³-hybridized carbons (Fsp3) is 0.318. The average Bonchev–Trinajstić information content (AvgIpc) is 3.25. The van der Waals surface area contributed by atoms with Gasteiger partial charge in [0.2, 0.25) is 6.79 Å². The number of anilines is 2. The van der Waals surface area contributed by atoms with Gasteiger partial charge >= 0.3 is 6.03 Å². The van der Waals surface area contributed by atoms with Crippen LogP contribution in [-0.4, -0.2) is 55.6 Å². The van der Waals surface area contributed by atoms with Crippen molar-refractivity contribution in [2.75, 3.05) is 49.9 Å². The maximum Gasteiger partial charge on any atom is 0.319 e. The number of amides is 2. The number of ether oxygens (including phenoxy) is 3. The van der Waals surface area contributed by atoms with Crippen molar-refractivity contribution in [3.05, 3.63) is 36.4 Å². The van der Waals surface area contributed by atoms with E-state index in [9.17, 15) is 4.79 Å². The lowest BCUT2D eigenvalue weighted by molar-refractivity contribution is 0.122. The Hall–Kier alpha value is -3.59. The average molecular weight is 421 g/mol. The molecule has 160 valence electrons. The molecule has 0 spiro atoms. The second kappa shape index (κ2) is 8.27. The van der Waals surface area contributed by atoms with E-state index in [2.05, 4.69) is 15.5 Å². The minimum atomic E-state index is -0.233. The topological polar surface area (TPSA) is 97.8 Å². The van der Waals surface area contributed by atoms with E-state index < -0.39 is 0 Å². The zero-order valence-electron chi connectivity index (χ0n) is 17.2. The molecule has 2 N–H and O–H groups in total. The molecule has 2 aromatic carbocycles. The van der Waals surface area contributed by atoms with Gasteiger partial charge in [-0.1, -0.05) is 0 Å². The number of morpholine rings is 1. The summed E-state index contributed by atoms with van der Waals surface area (Å²) in [5.41, 5.74) is 2.35. The lowest BCUT2D eigenvalue weighted by Gasteiger charge is -2.29. The summed E-state index contributed by atoms with van der Waals surface area (Å²) < 4.78 is 16.6. The molecule has 0 radical (unpaired) electrons. The summed E-state index contributed by atoms with van der Waals surface area (Å²) in [6.07, 6.45) is 0. The number of aromatic nitrogens is 2. The van der Waals surface area contributed by atoms with Crippen LogP contribution in [0.1, 0.15) is 6.92 Å². The second-order valence-corrected chi connectivity index (χ2v) is 7.25. The highest BCUT2D eigenvalue weighted by Gasteiger charge is 2.22. The summed E-state index contributed by atoms with van der Waals surface area (Å²) in [5, 5.41) is 6.43. The highest BCUT2D eigenvalue weighted by molar-refractivity contribution is 5.94.